The molecule has 0 amide bonds. The van der Waals surface area contributed by atoms with Gasteiger partial charge in [0.25, 0.3) is 0 Å². The van der Waals surface area contributed by atoms with E-state index in [-0.39, 0.29) is 11.9 Å². The number of thioether (sulfide) groups is 1. The fourth-order valence-electron chi connectivity index (χ4n) is 1.56. The lowest BCUT2D eigenvalue weighted by molar-refractivity contribution is 0.412. The Balaban J connectivity index is 1.96. The molecule has 0 fully saturated rings. The normalized spacial score (nSPS) is 12.2. The molecule has 1 atom stereocenters. The number of rotatable bonds is 5. The molecule has 3 nitrogen and oxygen atoms in total. The second-order valence-corrected chi connectivity index (χ2v) is 5.12. The molecule has 1 heterocycles. The van der Waals surface area contributed by atoms with Gasteiger partial charge in [-0.15, -0.1) is 11.8 Å². The quantitative estimate of drug-likeness (QED) is 0.854. The number of methoxy groups -OCH3 is 1. The molecule has 1 unspecified atom stereocenters. The summed E-state index contributed by atoms with van der Waals surface area (Å²) in [7, 11) is 1.60. The van der Waals surface area contributed by atoms with E-state index in [2.05, 4.69) is 4.98 Å². The molecule has 2 N–H and O–H groups in total. The van der Waals surface area contributed by atoms with Gasteiger partial charge in [-0.05, 0) is 35.9 Å². The number of hydrogen-bond acceptors (Lipinski definition) is 4. The van der Waals surface area contributed by atoms with Crippen molar-refractivity contribution in [1.82, 2.24) is 4.98 Å². The Morgan fingerprint density at radius 1 is 1.32 bits per heavy atom. The average molecular weight is 278 g/mol. The highest BCUT2D eigenvalue weighted by atomic mass is 32.2. The summed E-state index contributed by atoms with van der Waals surface area (Å²) in [6, 6.07) is 8.12. The Morgan fingerprint density at radius 3 is 2.74 bits per heavy atom. The summed E-state index contributed by atoms with van der Waals surface area (Å²) >= 11 is 1.59. The van der Waals surface area contributed by atoms with E-state index in [0.29, 0.717) is 11.5 Å². The third-order valence-corrected chi connectivity index (χ3v) is 3.77. The van der Waals surface area contributed by atoms with Crippen molar-refractivity contribution in [3.8, 4) is 5.75 Å². The van der Waals surface area contributed by atoms with Crippen LogP contribution in [-0.4, -0.2) is 17.8 Å². The van der Waals surface area contributed by atoms with Crippen LogP contribution in [0.2, 0.25) is 0 Å². The van der Waals surface area contributed by atoms with E-state index in [4.69, 9.17) is 10.5 Å². The standard InChI is InChI=1S/C14H15FN2OS/c1-18-12-6-10(7-17-8-12)14(16)9-19-13-4-2-11(15)3-5-13/h2-8,14H,9,16H2,1H3. The number of pyridine rings is 1. The minimum atomic E-state index is -0.231. The summed E-state index contributed by atoms with van der Waals surface area (Å²) in [5.41, 5.74) is 7.03. The molecular formula is C14H15FN2OS. The zero-order chi connectivity index (χ0) is 13.7. The summed E-state index contributed by atoms with van der Waals surface area (Å²) in [6.45, 7) is 0. The molecule has 0 saturated carbocycles. The largest absolute Gasteiger partial charge is 0.495 e. The van der Waals surface area contributed by atoms with Crippen LogP contribution in [0, 0.1) is 5.82 Å². The van der Waals surface area contributed by atoms with Crippen LogP contribution in [0.15, 0.2) is 47.6 Å². The highest BCUT2D eigenvalue weighted by Crippen LogP contribution is 2.24. The van der Waals surface area contributed by atoms with Crippen LogP contribution in [-0.2, 0) is 0 Å². The monoisotopic (exact) mass is 278 g/mol. The summed E-state index contributed by atoms with van der Waals surface area (Å²) in [6.07, 6.45) is 3.38. The van der Waals surface area contributed by atoms with Crippen LogP contribution in [0.5, 0.6) is 5.75 Å². The van der Waals surface area contributed by atoms with Gasteiger partial charge in [0, 0.05) is 22.9 Å². The van der Waals surface area contributed by atoms with Crippen molar-refractivity contribution < 1.29 is 9.13 Å². The van der Waals surface area contributed by atoms with Crippen molar-refractivity contribution in [3.63, 3.8) is 0 Å². The molecule has 100 valence electrons. The molecule has 0 aliphatic heterocycles. The first-order valence-corrected chi connectivity index (χ1v) is 6.80. The summed E-state index contributed by atoms with van der Waals surface area (Å²) in [5.74, 6) is 1.16. The van der Waals surface area contributed by atoms with Crippen LogP contribution in [0.25, 0.3) is 0 Å². The first-order chi connectivity index (χ1) is 9.19. The maximum absolute atomic E-state index is 12.8. The number of ether oxygens (including phenoxy) is 1. The van der Waals surface area contributed by atoms with Crippen LogP contribution < -0.4 is 10.5 Å². The molecule has 2 rings (SSSR count). The molecule has 0 saturated heterocycles. The fraction of sp³-hybridized carbons (Fsp3) is 0.214. The van der Waals surface area contributed by atoms with Crippen molar-refractivity contribution in [2.24, 2.45) is 5.73 Å². The van der Waals surface area contributed by atoms with Crippen LogP contribution in [0.1, 0.15) is 11.6 Å². The van der Waals surface area contributed by atoms with Crippen LogP contribution in [0.3, 0.4) is 0 Å². The lowest BCUT2D eigenvalue weighted by atomic mass is 10.1. The van der Waals surface area contributed by atoms with E-state index >= 15 is 0 Å². The predicted octanol–water partition coefficient (Wildman–Crippen LogP) is 3.02. The van der Waals surface area contributed by atoms with Gasteiger partial charge in [-0.3, -0.25) is 4.98 Å². The molecule has 19 heavy (non-hydrogen) atoms. The van der Waals surface area contributed by atoms with E-state index in [1.165, 1.54) is 12.1 Å². The minimum absolute atomic E-state index is 0.141. The third-order valence-electron chi connectivity index (χ3n) is 2.64. The number of nitrogens with zero attached hydrogens (tertiary/aromatic N) is 1. The third kappa shape index (κ3) is 3.94. The number of nitrogens with two attached hydrogens (primary N) is 1. The summed E-state index contributed by atoms with van der Waals surface area (Å²) < 4.78 is 17.9. The zero-order valence-electron chi connectivity index (χ0n) is 10.5. The maximum Gasteiger partial charge on any atom is 0.137 e. The first-order valence-electron chi connectivity index (χ1n) is 5.82. The SMILES string of the molecule is COc1cncc(C(N)CSc2ccc(F)cc2)c1. The molecular weight excluding hydrogens is 263 g/mol. The van der Waals surface area contributed by atoms with E-state index in [1.54, 1.807) is 43.4 Å². The minimum Gasteiger partial charge on any atom is -0.495 e. The van der Waals surface area contributed by atoms with Gasteiger partial charge in [0.1, 0.15) is 11.6 Å². The fourth-order valence-corrected chi connectivity index (χ4v) is 2.46. The van der Waals surface area contributed by atoms with Gasteiger partial charge in [-0.2, -0.15) is 0 Å². The van der Waals surface area contributed by atoms with E-state index < -0.39 is 0 Å². The summed E-state index contributed by atoms with van der Waals surface area (Å²) in [5, 5.41) is 0. The maximum atomic E-state index is 12.8. The highest BCUT2D eigenvalue weighted by Gasteiger charge is 2.08. The molecule has 1 aromatic carbocycles. The molecule has 0 bridgehead atoms. The molecule has 0 aliphatic carbocycles. The van der Waals surface area contributed by atoms with Gasteiger partial charge in [-0.1, -0.05) is 0 Å². The lowest BCUT2D eigenvalue weighted by Crippen LogP contribution is -2.13. The highest BCUT2D eigenvalue weighted by molar-refractivity contribution is 7.99. The first kappa shape index (κ1) is 13.8. The predicted molar refractivity (Wildman–Crippen MR) is 74.8 cm³/mol. The number of aromatic nitrogens is 1. The van der Waals surface area contributed by atoms with Gasteiger partial charge in [0.15, 0.2) is 0 Å². The van der Waals surface area contributed by atoms with Gasteiger partial charge >= 0.3 is 0 Å². The molecule has 2 aromatic rings. The van der Waals surface area contributed by atoms with E-state index in [1.807, 2.05) is 6.07 Å². The average Bonchev–Trinajstić information content (AvgIpc) is 2.46. The molecule has 0 radical (unpaired) electrons. The van der Waals surface area contributed by atoms with Crippen molar-refractivity contribution in [2.45, 2.75) is 10.9 Å². The van der Waals surface area contributed by atoms with Crippen LogP contribution in [0.4, 0.5) is 4.39 Å². The van der Waals surface area contributed by atoms with Crippen LogP contribution >= 0.6 is 11.8 Å². The Kier molecular flexibility index (Phi) is 4.76. The van der Waals surface area contributed by atoms with Gasteiger partial charge in [0.05, 0.1) is 13.3 Å². The van der Waals surface area contributed by atoms with Gasteiger partial charge < -0.3 is 10.5 Å². The van der Waals surface area contributed by atoms with Crippen molar-refractivity contribution in [3.05, 3.63) is 54.1 Å². The molecule has 0 aliphatic rings. The van der Waals surface area contributed by atoms with Gasteiger partial charge in [-0.25, -0.2) is 4.39 Å². The number of hydrogen-bond donors (Lipinski definition) is 1. The second kappa shape index (κ2) is 6.54. The smallest absolute Gasteiger partial charge is 0.137 e. The van der Waals surface area contributed by atoms with Crippen molar-refractivity contribution in [1.29, 1.82) is 0 Å². The number of halogens is 1. The molecule has 1 aromatic heterocycles. The Morgan fingerprint density at radius 2 is 2.05 bits per heavy atom. The topological polar surface area (TPSA) is 48.1 Å². The lowest BCUT2D eigenvalue weighted by Gasteiger charge is -2.12. The Bertz CT molecular complexity index is 533. The second-order valence-electron chi connectivity index (χ2n) is 4.03. The van der Waals surface area contributed by atoms with Crippen molar-refractivity contribution in [2.75, 3.05) is 12.9 Å². The van der Waals surface area contributed by atoms with Gasteiger partial charge in [0.2, 0.25) is 0 Å². The molecule has 0 spiro atoms. The summed E-state index contributed by atoms with van der Waals surface area (Å²) in [4.78, 5) is 5.07. The van der Waals surface area contributed by atoms with Crippen molar-refractivity contribution >= 4 is 11.8 Å². The Labute approximate surface area is 116 Å². The van der Waals surface area contributed by atoms with E-state index in [0.717, 1.165) is 10.5 Å². The molecule has 5 heteroatoms. The Hall–Kier alpha value is -1.59. The zero-order valence-corrected chi connectivity index (χ0v) is 11.4. The number of benzene rings is 1. The van der Waals surface area contributed by atoms with E-state index in [9.17, 15) is 4.39 Å².